The molecule has 146 valence electrons. The molecule has 10 nitrogen and oxygen atoms in total. The first-order valence-electron chi connectivity index (χ1n) is 8.84. The Morgan fingerprint density at radius 1 is 1.14 bits per heavy atom. The first-order valence-corrected chi connectivity index (χ1v) is 8.84. The Morgan fingerprint density at radius 2 is 1.97 bits per heavy atom. The first-order chi connectivity index (χ1) is 14.0. The molecule has 1 atom stereocenters. The van der Waals surface area contributed by atoms with Crippen LogP contribution in [0.2, 0.25) is 0 Å². The Bertz CT molecular complexity index is 1050. The quantitative estimate of drug-likeness (QED) is 0.689. The SMILES string of the molecule is O=C1CCC(N2Cc3cccc(C(=O)NC(=O)c4cnccn4)c3C2=O)C(=O)N1. The van der Waals surface area contributed by atoms with Gasteiger partial charge in [-0.25, -0.2) is 4.98 Å². The van der Waals surface area contributed by atoms with E-state index in [0.717, 1.165) is 0 Å². The van der Waals surface area contributed by atoms with Crippen LogP contribution in [0.15, 0.2) is 36.8 Å². The van der Waals surface area contributed by atoms with Gasteiger partial charge in [-0.05, 0) is 18.1 Å². The van der Waals surface area contributed by atoms with Gasteiger partial charge in [0.1, 0.15) is 11.7 Å². The number of imide groups is 2. The van der Waals surface area contributed by atoms with Crippen molar-refractivity contribution in [2.75, 3.05) is 0 Å². The average Bonchev–Trinajstić information content (AvgIpc) is 3.05. The predicted molar refractivity (Wildman–Crippen MR) is 96.3 cm³/mol. The molecule has 0 aliphatic carbocycles. The predicted octanol–water partition coefficient (Wildman–Crippen LogP) is -0.192. The molecule has 1 aromatic carbocycles. The highest BCUT2D eigenvalue weighted by Gasteiger charge is 2.40. The van der Waals surface area contributed by atoms with Crippen molar-refractivity contribution in [3.05, 3.63) is 59.2 Å². The van der Waals surface area contributed by atoms with E-state index in [1.165, 1.54) is 29.6 Å². The lowest BCUT2D eigenvalue weighted by Gasteiger charge is -2.29. The molecule has 4 rings (SSSR count). The third-order valence-corrected chi connectivity index (χ3v) is 4.82. The van der Waals surface area contributed by atoms with Crippen LogP contribution >= 0.6 is 0 Å². The molecule has 0 radical (unpaired) electrons. The summed E-state index contributed by atoms with van der Waals surface area (Å²) in [6.45, 7) is 0.139. The third kappa shape index (κ3) is 3.35. The van der Waals surface area contributed by atoms with Crippen LogP contribution in [0.5, 0.6) is 0 Å². The number of hydrogen-bond acceptors (Lipinski definition) is 7. The van der Waals surface area contributed by atoms with Crippen molar-refractivity contribution in [3.8, 4) is 0 Å². The maximum atomic E-state index is 13.0. The van der Waals surface area contributed by atoms with Crippen LogP contribution in [0, 0.1) is 0 Å². The van der Waals surface area contributed by atoms with Crippen molar-refractivity contribution < 1.29 is 24.0 Å². The number of hydrogen-bond donors (Lipinski definition) is 2. The van der Waals surface area contributed by atoms with Gasteiger partial charge >= 0.3 is 0 Å². The number of rotatable bonds is 3. The minimum atomic E-state index is -0.787. The minimum Gasteiger partial charge on any atom is -0.322 e. The number of nitrogens with zero attached hydrogens (tertiary/aromatic N) is 3. The molecule has 2 aliphatic rings. The second kappa shape index (κ2) is 7.23. The highest BCUT2D eigenvalue weighted by Crippen LogP contribution is 2.29. The molecule has 29 heavy (non-hydrogen) atoms. The summed E-state index contributed by atoms with van der Waals surface area (Å²) in [5.74, 6) is -2.90. The lowest BCUT2D eigenvalue weighted by molar-refractivity contribution is -0.136. The molecule has 1 unspecified atom stereocenters. The number of carbonyl (C=O) groups is 5. The van der Waals surface area contributed by atoms with Crippen LogP contribution in [-0.4, -0.2) is 50.4 Å². The van der Waals surface area contributed by atoms with Crippen molar-refractivity contribution in [1.29, 1.82) is 0 Å². The number of amides is 5. The highest BCUT2D eigenvalue weighted by molar-refractivity contribution is 6.16. The first kappa shape index (κ1) is 18.4. The van der Waals surface area contributed by atoms with Gasteiger partial charge in [0.25, 0.3) is 17.7 Å². The molecule has 1 aromatic heterocycles. The van der Waals surface area contributed by atoms with E-state index < -0.39 is 29.7 Å². The van der Waals surface area contributed by atoms with Crippen molar-refractivity contribution in [2.45, 2.75) is 25.4 Å². The number of aromatic nitrogens is 2. The summed E-state index contributed by atoms with van der Waals surface area (Å²) in [6, 6.07) is 3.93. The number of benzene rings is 1. The molecule has 2 aliphatic heterocycles. The van der Waals surface area contributed by atoms with Gasteiger partial charge in [-0.1, -0.05) is 12.1 Å². The second-order valence-corrected chi connectivity index (χ2v) is 6.61. The Balaban J connectivity index is 1.57. The number of nitrogens with one attached hydrogen (secondary N) is 2. The topological polar surface area (TPSA) is 138 Å². The van der Waals surface area contributed by atoms with Crippen LogP contribution in [0.3, 0.4) is 0 Å². The Hall–Kier alpha value is -3.95. The number of fused-ring (bicyclic) bond motifs is 1. The highest BCUT2D eigenvalue weighted by atomic mass is 16.2. The summed E-state index contributed by atoms with van der Waals surface area (Å²) in [4.78, 5) is 70.3. The molecule has 1 saturated heterocycles. The lowest BCUT2D eigenvalue weighted by Crippen LogP contribution is -2.52. The minimum absolute atomic E-state index is 0.0273. The summed E-state index contributed by atoms with van der Waals surface area (Å²) in [5.41, 5.74) is 0.699. The van der Waals surface area contributed by atoms with Crippen molar-refractivity contribution >= 4 is 29.5 Å². The van der Waals surface area contributed by atoms with Gasteiger partial charge in [0.05, 0.1) is 17.3 Å². The van der Waals surface area contributed by atoms with E-state index in [4.69, 9.17) is 0 Å². The smallest absolute Gasteiger partial charge is 0.278 e. The van der Waals surface area contributed by atoms with Crippen LogP contribution in [0.25, 0.3) is 0 Å². The Morgan fingerprint density at radius 3 is 2.69 bits per heavy atom. The van der Waals surface area contributed by atoms with Crippen LogP contribution < -0.4 is 10.6 Å². The molecule has 3 heterocycles. The molecule has 5 amide bonds. The van der Waals surface area contributed by atoms with Gasteiger partial charge < -0.3 is 4.90 Å². The summed E-state index contributed by atoms with van der Waals surface area (Å²) in [5, 5.41) is 4.42. The van der Waals surface area contributed by atoms with Gasteiger partial charge in [-0.2, -0.15) is 0 Å². The molecule has 10 heteroatoms. The zero-order valence-electron chi connectivity index (χ0n) is 15.0. The molecule has 2 aromatic rings. The van der Waals surface area contributed by atoms with E-state index in [0.29, 0.717) is 5.56 Å². The van der Waals surface area contributed by atoms with Crippen molar-refractivity contribution in [3.63, 3.8) is 0 Å². The van der Waals surface area contributed by atoms with Gasteiger partial charge in [-0.15, -0.1) is 0 Å². The normalized spacial score (nSPS) is 18.3. The fourth-order valence-electron chi connectivity index (χ4n) is 3.45. The molecular weight excluding hydrogens is 378 g/mol. The summed E-state index contributed by atoms with van der Waals surface area (Å²) in [6.07, 6.45) is 4.29. The molecular formula is C19H15N5O5. The fraction of sp³-hybridized carbons (Fsp3) is 0.211. The standard InChI is InChI=1S/C19H15N5O5/c25-14-5-4-13(18(28)22-14)24-9-10-2-1-3-11(15(10)19(24)29)16(26)23-17(27)12-8-20-6-7-21-12/h1-3,6-8,13H,4-5,9H2,(H,22,25,28)(H,23,26,27). The monoisotopic (exact) mass is 393 g/mol. The van der Waals surface area contributed by atoms with E-state index in [2.05, 4.69) is 20.6 Å². The lowest BCUT2D eigenvalue weighted by atomic mass is 10.0. The fourth-order valence-corrected chi connectivity index (χ4v) is 3.45. The van der Waals surface area contributed by atoms with E-state index in [-0.39, 0.29) is 42.1 Å². The van der Waals surface area contributed by atoms with Gasteiger partial charge in [0, 0.05) is 25.4 Å². The van der Waals surface area contributed by atoms with Crippen LogP contribution in [0.4, 0.5) is 0 Å². The van der Waals surface area contributed by atoms with Crippen LogP contribution in [0.1, 0.15) is 49.6 Å². The summed E-state index contributed by atoms with van der Waals surface area (Å²) < 4.78 is 0. The van der Waals surface area contributed by atoms with Crippen LogP contribution in [-0.2, 0) is 16.1 Å². The van der Waals surface area contributed by atoms with Gasteiger partial charge in [0.2, 0.25) is 11.8 Å². The molecule has 1 fully saturated rings. The maximum Gasteiger partial charge on any atom is 0.278 e. The average molecular weight is 393 g/mol. The number of carbonyl (C=O) groups excluding carboxylic acids is 5. The Kier molecular flexibility index (Phi) is 4.59. The molecule has 0 spiro atoms. The van der Waals surface area contributed by atoms with E-state index in [1.807, 2.05) is 0 Å². The van der Waals surface area contributed by atoms with E-state index >= 15 is 0 Å². The zero-order chi connectivity index (χ0) is 20.5. The van der Waals surface area contributed by atoms with E-state index in [1.54, 1.807) is 12.1 Å². The molecule has 0 bridgehead atoms. The zero-order valence-corrected chi connectivity index (χ0v) is 15.0. The van der Waals surface area contributed by atoms with Crippen molar-refractivity contribution in [2.24, 2.45) is 0 Å². The van der Waals surface area contributed by atoms with Crippen molar-refractivity contribution in [1.82, 2.24) is 25.5 Å². The van der Waals surface area contributed by atoms with E-state index in [9.17, 15) is 24.0 Å². The van der Waals surface area contributed by atoms with Gasteiger partial charge in [0.15, 0.2) is 0 Å². The number of piperidine rings is 1. The summed E-state index contributed by atoms with van der Waals surface area (Å²) >= 11 is 0. The maximum absolute atomic E-state index is 13.0. The summed E-state index contributed by atoms with van der Waals surface area (Å²) in [7, 11) is 0. The second-order valence-electron chi connectivity index (χ2n) is 6.61. The van der Waals surface area contributed by atoms with Gasteiger partial charge in [-0.3, -0.25) is 39.6 Å². The molecule has 2 N–H and O–H groups in total. The largest absolute Gasteiger partial charge is 0.322 e. The third-order valence-electron chi connectivity index (χ3n) is 4.82. The molecule has 0 saturated carbocycles. The Labute approximate surface area is 164 Å².